The second-order valence-electron chi connectivity index (χ2n) is 10.6. The number of halogens is 2. The number of fused-ring (bicyclic) bond motifs is 1. The van der Waals surface area contributed by atoms with E-state index in [9.17, 15) is 13.6 Å². The fraction of sp³-hybridized carbons (Fsp3) is 0.379. The third kappa shape index (κ3) is 5.09. The number of carbonyl (C=O) groups is 1. The zero-order valence-corrected chi connectivity index (χ0v) is 23.3. The molecule has 1 fully saturated rings. The molecule has 1 saturated carbocycles. The zero-order valence-electron chi connectivity index (χ0n) is 23.3. The lowest BCUT2D eigenvalue weighted by Crippen LogP contribution is -2.43. The van der Waals surface area contributed by atoms with Gasteiger partial charge in [0.05, 0.1) is 19.0 Å². The number of aromatic nitrogens is 6. The van der Waals surface area contributed by atoms with Gasteiger partial charge in [0.15, 0.2) is 11.6 Å². The SMILES string of the molecule is COc1ncnc(C2CC2)c1-c1ncc2c(n1)N(Cc1ccc(-c3nc(C(C)(F)F)cn3C)cc1)CCN2C(C)=O. The molecule has 0 spiro atoms. The van der Waals surface area contributed by atoms with Crippen LogP contribution in [0.15, 0.2) is 43.0 Å². The molecule has 1 amide bonds. The van der Waals surface area contributed by atoms with Crippen molar-refractivity contribution in [2.45, 2.75) is 45.1 Å². The van der Waals surface area contributed by atoms with E-state index in [1.54, 1.807) is 29.8 Å². The highest BCUT2D eigenvalue weighted by Crippen LogP contribution is 2.45. The van der Waals surface area contributed by atoms with Crippen LogP contribution in [0.1, 0.15) is 49.6 Å². The number of imidazole rings is 1. The normalized spacial score (nSPS) is 15.2. The van der Waals surface area contributed by atoms with Gasteiger partial charge in [0.25, 0.3) is 5.92 Å². The van der Waals surface area contributed by atoms with Crippen molar-refractivity contribution in [1.29, 1.82) is 0 Å². The monoisotopic (exact) mass is 560 g/mol. The first kappa shape index (κ1) is 26.7. The van der Waals surface area contributed by atoms with Crippen LogP contribution in [0.4, 0.5) is 20.3 Å². The first-order valence-corrected chi connectivity index (χ1v) is 13.4. The van der Waals surface area contributed by atoms with Crippen LogP contribution in [0.3, 0.4) is 0 Å². The molecule has 0 atom stereocenters. The molecule has 1 aromatic carbocycles. The summed E-state index contributed by atoms with van der Waals surface area (Å²) >= 11 is 0. The van der Waals surface area contributed by atoms with E-state index in [0.717, 1.165) is 36.6 Å². The molecule has 4 heterocycles. The van der Waals surface area contributed by atoms with E-state index in [4.69, 9.17) is 9.72 Å². The van der Waals surface area contributed by atoms with Crippen LogP contribution in [0.2, 0.25) is 0 Å². The van der Waals surface area contributed by atoms with Gasteiger partial charge in [0.2, 0.25) is 11.8 Å². The molecule has 0 N–H and O–H groups in total. The molecule has 3 aromatic heterocycles. The van der Waals surface area contributed by atoms with Crippen LogP contribution < -0.4 is 14.5 Å². The Bertz CT molecular complexity index is 1610. The van der Waals surface area contributed by atoms with Crippen LogP contribution in [0.5, 0.6) is 5.88 Å². The van der Waals surface area contributed by atoms with Gasteiger partial charge in [-0.15, -0.1) is 0 Å². The maximum absolute atomic E-state index is 13.8. The minimum absolute atomic E-state index is 0.0852. The largest absolute Gasteiger partial charge is 0.480 e. The molecule has 4 aromatic rings. The van der Waals surface area contributed by atoms with E-state index in [1.165, 1.54) is 19.4 Å². The van der Waals surface area contributed by atoms with Crippen molar-refractivity contribution in [1.82, 2.24) is 29.5 Å². The molecule has 41 heavy (non-hydrogen) atoms. The first-order chi connectivity index (χ1) is 19.6. The van der Waals surface area contributed by atoms with E-state index >= 15 is 0 Å². The highest BCUT2D eigenvalue weighted by atomic mass is 19.3. The third-order valence-corrected chi connectivity index (χ3v) is 7.45. The molecule has 0 bridgehead atoms. The summed E-state index contributed by atoms with van der Waals surface area (Å²) < 4.78 is 34.8. The minimum atomic E-state index is -3.01. The number of alkyl halides is 2. The Kier molecular flexibility index (Phi) is 6.63. The quantitative estimate of drug-likeness (QED) is 0.321. The van der Waals surface area contributed by atoms with E-state index in [1.807, 2.05) is 24.3 Å². The van der Waals surface area contributed by atoms with Gasteiger partial charge in [-0.3, -0.25) is 4.79 Å². The molecular weight excluding hydrogens is 530 g/mol. The number of rotatable bonds is 7. The first-order valence-electron chi connectivity index (χ1n) is 13.4. The Morgan fingerprint density at radius 3 is 2.49 bits per heavy atom. The number of methoxy groups -OCH3 is 1. The topological polar surface area (TPSA) is 102 Å². The van der Waals surface area contributed by atoms with Crippen molar-refractivity contribution >= 4 is 17.4 Å². The maximum atomic E-state index is 13.8. The summed E-state index contributed by atoms with van der Waals surface area (Å²) in [6, 6.07) is 7.65. The molecule has 12 heteroatoms. The summed E-state index contributed by atoms with van der Waals surface area (Å²) in [6.45, 7) is 3.95. The summed E-state index contributed by atoms with van der Waals surface area (Å²) in [5.41, 5.74) is 3.65. The summed E-state index contributed by atoms with van der Waals surface area (Å²) in [7, 11) is 3.27. The Morgan fingerprint density at radius 1 is 1.10 bits per heavy atom. The molecule has 2 aliphatic rings. The number of amides is 1. The van der Waals surface area contributed by atoms with Crippen LogP contribution >= 0.6 is 0 Å². The molecule has 212 valence electrons. The van der Waals surface area contributed by atoms with Crippen LogP contribution in [0.25, 0.3) is 22.8 Å². The predicted molar refractivity (Wildman–Crippen MR) is 149 cm³/mol. The number of anilines is 2. The van der Waals surface area contributed by atoms with E-state index in [-0.39, 0.29) is 11.6 Å². The second-order valence-corrected chi connectivity index (χ2v) is 10.6. The zero-order chi connectivity index (χ0) is 28.9. The molecule has 1 aliphatic carbocycles. The van der Waals surface area contributed by atoms with Crippen molar-refractivity contribution < 1.29 is 18.3 Å². The molecule has 0 radical (unpaired) electrons. The molecule has 1 aliphatic heterocycles. The highest BCUT2D eigenvalue weighted by Gasteiger charge is 2.33. The number of hydrogen-bond donors (Lipinski definition) is 0. The summed E-state index contributed by atoms with van der Waals surface area (Å²) in [5.74, 6) is -0.806. The van der Waals surface area contributed by atoms with Gasteiger partial charge < -0.3 is 19.1 Å². The molecular formula is C29H30F2N8O2. The third-order valence-electron chi connectivity index (χ3n) is 7.45. The van der Waals surface area contributed by atoms with Gasteiger partial charge in [-0.25, -0.2) is 24.9 Å². The standard InChI is InChI=1S/C29H30F2N8O2/c1-17(40)39-12-11-38(14-18-5-7-20(8-6-18)26-35-22(15-37(26)3)29(2,30)31)27-21(39)13-32-25(36-27)23-24(19-9-10-19)33-16-34-28(23)41-4/h5-8,13,15-16,19H,9-12,14H2,1-4H3. The van der Waals surface area contributed by atoms with Crippen molar-refractivity contribution in [3.63, 3.8) is 0 Å². The van der Waals surface area contributed by atoms with Gasteiger partial charge in [0, 0.05) is 58.2 Å². The lowest BCUT2D eigenvalue weighted by molar-refractivity contribution is -0.116. The second kappa shape index (κ2) is 10.2. The molecule has 0 saturated heterocycles. The van der Waals surface area contributed by atoms with E-state index < -0.39 is 5.92 Å². The van der Waals surface area contributed by atoms with E-state index in [2.05, 4.69) is 24.8 Å². The fourth-order valence-corrected chi connectivity index (χ4v) is 5.18. The Hall–Kier alpha value is -4.48. The van der Waals surface area contributed by atoms with Gasteiger partial charge in [0.1, 0.15) is 29.1 Å². The number of ether oxygens (including phenoxy) is 1. The van der Waals surface area contributed by atoms with Gasteiger partial charge in [-0.1, -0.05) is 24.3 Å². The average Bonchev–Trinajstić information content (AvgIpc) is 3.73. The summed E-state index contributed by atoms with van der Waals surface area (Å²) in [5, 5.41) is 0. The Morgan fingerprint density at radius 2 is 1.85 bits per heavy atom. The minimum Gasteiger partial charge on any atom is -0.480 e. The summed E-state index contributed by atoms with van der Waals surface area (Å²) in [6.07, 6.45) is 6.62. The number of nitrogens with zero attached hydrogens (tertiary/aromatic N) is 8. The lowest BCUT2D eigenvalue weighted by Gasteiger charge is -2.36. The number of carbonyl (C=O) groups excluding carboxylic acids is 1. The van der Waals surface area contributed by atoms with Crippen LogP contribution in [-0.2, 0) is 24.3 Å². The van der Waals surface area contributed by atoms with E-state index in [0.29, 0.717) is 60.1 Å². The van der Waals surface area contributed by atoms with Gasteiger partial charge in [-0.2, -0.15) is 8.78 Å². The smallest absolute Gasteiger partial charge is 0.288 e. The van der Waals surface area contributed by atoms with Gasteiger partial charge in [-0.05, 0) is 18.4 Å². The van der Waals surface area contributed by atoms with Gasteiger partial charge >= 0.3 is 0 Å². The molecule has 10 nitrogen and oxygen atoms in total. The Balaban J connectivity index is 1.33. The fourth-order valence-electron chi connectivity index (χ4n) is 5.18. The highest BCUT2D eigenvalue weighted by molar-refractivity contribution is 5.95. The summed E-state index contributed by atoms with van der Waals surface area (Å²) in [4.78, 5) is 38.8. The lowest BCUT2D eigenvalue weighted by atomic mass is 10.1. The molecule has 0 unspecified atom stereocenters. The number of hydrogen-bond acceptors (Lipinski definition) is 8. The maximum Gasteiger partial charge on any atom is 0.288 e. The molecule has 6 rings (SSSR count). The van der Waals surface area contributed by atoms with Crippen molar-refractivity contribution in [2.24, 2.45) is 7.05 Å². The van der Waals surface area contributed by atoms with Crippen LogP contribution in [-0.4, -0.2) is 55.6 Å². The van der Waals surface area contributed by atoms with Crippen molar-refractivity contribution in [2.75, 3.05) is 30.0 Å². The Labute approximate surface area is 236 Å². The van der Waals surface area contributed by atoms with Crippen molar-refractivity contribution in [3.8, 4) is 28.7 Å². The van der Waals surface area contributed by atoms with Crippen molar-refractivity contribution in [3.05, 3.63) is 59.9 Å². The van der Waals surface area contributed by atoms with Crippen LogP contribution in [0, 0.1) is 0 Å². The number of benzene rings is 1. The number of aryl methyl sites for hydroxylation is 1. The average molecular weight is 561 g/mol. The predicted octanol–water partition coefficient (Wildman–Crippen LogP) is 4.70.